The molecule has 0 aliphatic rings. The van der Waals surface area contributed by atoms with Gasteiger partial charge in [-0.3, -0.25) is 24.0 Å². The number of benzene rings is 3. The summed E-state index contributed by atoms with van der Waals surface area (Å²) in [5, 5.41) is 17.4. The number of hydrogen-bond acceptors (Lipinski definition) is 7. The molecule has 0 saturated carbocycles. The first-order chi connectivity index (χ1) is 23.5. The summed E-state index contributed by atoms with van der Waals surface area (Å²) in [6.45, 7) is 0.975. The summed E-state index contributed by atoms with van der Waals surface area (Å²) in [6, 6.07) is 23.9. The van der Waals surface area contributed by atoms with Crippen molar-refractivity contribution >= 4 is 57.6 Å². The highest BCUT2D eigenvalue weighted by atomic mass is 32.1. The molecular weight excluding hydrogens is 646 g/mol. The second kappa shape index (κ2) is 15.2. The molecule has 0 bridgehead atoms. The lowest BCUT2D eigenvalue weighted by atomic mass is 10.0. The number of amides is 4. The van der Waals surface area contributed by atoms with Crippen molar-refractivity contribution in [3.05, 3.63) is 108 Å². The third-order valence-corrected chi connectivity index (χ3v) is 8.94. The summed E-state index contributed by atoms with van der Waals surface area (Å²) in [5.74, 6) is -5.92. The topological polar surface area (TPSA) is 201 Å². The number of carbonyl (C=O) groups excluding carboxylic acids is 5. The van der Waals surface area contributed by atoms with E-state index in [0.717, 1.165) is 39.4 Å². The van der Waals surface area contributed by atoms with Gasteiger partial charge in [0.2, 0.25) is 17.7 Å². The van der Waals surface area contributed by atoms with Crippen LogP contribution in [0.15, 0.2) is 97.2 Å². The van der Waals surface area contributed by atoms with E-state index >= 15 is 0 Å². The van der Waals surface area contributed by atoms with Gasteiger partial charge in [-0.15, -0.1) is 11.3 Å². The molecular formula is C36H33N5O7S. The van der Waals surface area contributed by atoms with Gasteiger partial charge in [-0.25, -0.2) is 4.79 Å². The quantitative estimate of drug-likeness (QED) is 0.0966. The number of hydrogen-bond donors (Lipinski definition) is 6. The highest BCUT2D eigenvalue weighted by Crippen LogP contribution is 2.30. The maximum Gasteiger partial charge on any atom is 0.334 e. The van der Waals surface area contributed by atoms with E-state index in [0.29, 0.717) is 10.4 Å². The molecule has 250 valence electrons. The van der Waals surface area contributed by atoms with Crippen molar-refractivity contribution in [3.63, 3.8) is 0 Å². The molecule has 3 atom stereocenters. The van der Waals surface area contributed by atoms with Crippen LogP contribution in [0.4, 0.5) is 0 Å². The number of fused-ring (bicyclic) bond motifs is 1. The molecule has 49 heavy (non-hydrogen) atoms. The second-order valence-electron chi connectivity index (χ2n) is 11.3. The van der Waals surface area contributed by atoms with E-state index in [1.807, 2.05) is 90.2 Å². The Bertz CT molecular complexity index is 2010. The number of carboxylic acid groups (broad SMARTS) is 1. The first-order valence-corrected chi connectivity index (χ1v) is 16.1. The highest BCUT2D eigenvalue weighted by Gasteiger charge is 2.33. The zero-order valence-electron chi connectivity index (χ0n) is 26.3. The second-order valence-corrected chi connectivity index (χ2v) is 12.4. The molecule has 13 heteroatoms. The Balaban J connectivity index is 1.37. The minimum Gasteiger partial charge on any atom is -0.479 e. The van der Waals surface area contributed by atoms with Crippen LogP contribution in [0, 0.1) is 0 Å². The molecule has 2 aromatic heterocycles. The number of ketones is 1. The van der Waals surface area contributed by atoms with Crippen LogP contribution in [-0.2, 0) is 30.4 Å². The monoisotopic (exact) mass is 679 g/mol. The Kier molecular flexibility index (Phi) is 10.6. The largest absolute Gasteiger partial charge is 0.479 e. The molecule has 0 aliphatic carbocycles. The molecule has 0 spiro atoms. The number of aliphatic carboxylic acids is 1. The molecule has 2 heterocycles. The minimum absolute atomic E-state index is 0.00310. The fourth-order valence-electron chi connectivity index (χ4n) is 5.29. The summed E-state index contributed by atoms with van der Waals surface area (Å²) in [7, 11) is 0. The Labute approximate surface area is 284 Å². The van der Waals surface area contributed by atoms with Gasteiger partial charge in [0.25, 0.3) is 5.91 Å². The van der Waals surface area contributed by atoms with Crippen molar-refractivity contribution in [1.82, 2.24) is 20.9 Å². The number of thiophene rings is 1. The normalized spacial score (nSPS) is 12.8. The molecule has 0 fully saturated rings. The summed E-state index contributed by atoms with van der Waals surface area (Å²) in [6.07, 6.45) is 1.02. The molecule has 3 aromatic carbocycles. The van der Waals surface area contributed by atoms with Crippen molar-refractivity contribution in [1.29, 1.82) is 0 Å². The molecule has 5 aromatic rings. The average molecular weight is 680 g/mol. The molecule has 0 aliphatic heterocycles. The van der Waals surface area contributed by atoms with Crippen LogP contribution in [0.2, 0.25) is 0 Å². The number of carboxylic acids is 1. The van der Waals surface area contributed by atoms with Crippen LogP contribution >= 0.6 is 11.3 Å². The van der Waals surface area contributed by atoms with Gasteiger partial charge < -0.3 is 31.8 Å². The van der Waals surface area contributed by atoms with E-state index in [9.17, 15) is 33.9 Å². The van der Waals surface area contributed by atoms with Crippen LogP contribution in [0.3, 0.4) is 0 Å². The Morgan fingerprint density at radius 2 is 1.39 bits per heavy atom. The summed E-state index contributed by atoms with van der Waals surface area (Å²) in [5.41, 5.74) is 9.86. The van der Waals surface area contributed by atoms with Crippen LogP contribution < -0.4 is 21.7 Å². The van der Waals surface area contributed by atoms with Gasteiger partial charge in [0.15, 0.2) is 11.8 Å². The summed E-state index contributed by atoms with van der Waals surface area (Å²) >= 11 is 1.24. The number of aromatic nitrogens is 1. The van der Waals surface area contributed by atoms with Crippen LogP contribution in [-0.4, -0.2) is 63.6 Å². The smallest absolute Gasteiger partial charge is 0.334 e. The summed E-state index contributed by atoms with van der Waals surface area (Å²) in [4.78, 5) is 79.7. The van der Waals surface area contributed by atoms with E-state index in [-0.39, 0.29) is 6.42 Å². The van der Waals surface area contributed by atoms with Gasteiger partial charge in [0.05, 0.1) is 11.3 Å². The first kappa shape index (κ1) is 34.3. The van der Waals surface area contributed by atoms with Crippen LogP contribution in [0.25, 0.3) is 32.5 Å². The summed E-state index contributed by atoms with van der Waals surface area (Å²) < 4.78 is 0. The number of aromatic amines is 1. The Morgan fingerprint density at radius 3 is 2.06 bits per heavy atom. The predicted octanol–water partition coefficient (Wildman–Crippen LogP) is 3.42. The van der Waals surface area contributed by atoms with Crippen LogP contribution in [0.1, 0.15) is 28.6 Å². The van der Waals surface area contributed by atoms with E-state index in [1.54, 1.807) is 12.3 Å². The molecule has 5 rings (SSSR count). The number of primary amides is 1. The molecule has 4 amide bonds. The zero-order chi connectivity index (χ0) is 35.1. The van der Waals surface area contributed by atoms with Crippen molar-refractivity contribution < 1.29 is 33.9 Å². The molecule has 12 nitrogen and oxygen atoms in total. The standard InChI is InChI=1S/C36H33N5O7S/c1-20(42)32(36(47)48)41-34(45)28(18-31(37)43)39-33(44)27(17-24-19-38-26-10-6-5-9-25(24)26)40-35(46)30-16-15-29(49-30)23-13-11-22(12-14-23)21-7-3-2-4-8-21/h2-16,19,27-28,32,38H,17-18H2,1H3,(H2,37,43)(H,39,44)(H,40,46)(H,41,45)(H,47,48). The highest BCUT2D eigenvalue weighted by molar-refractivity contribution is 7.17. The number of nitrogens with one attached hydrogen (secondary N) is 4. The van der Waals surface area contributed by atoms with E-state index < -0.39 is 59.9 Å². The molecule has 0 saturated heterocycles. The van der Waals surface area contributed by atoms with Gasteiger partial charge in [0.1, 0.15) is 12.1 Å². The zero-order valence-corrected chi connectivity index (χ0v) is 27.1. The minimum atomic E-state index is -1.90. The number of H-pyrrole nitrogens is 1. The van der Waals surface area contributed by atoms with Gasteiger partial charge >= 0.3 is 5.97 Å². The number of nitrogens with two attached hydrogens (primary N) is 1. The van der Waals surface area contributed by atoms with Gasteiger partial charge in [-0.2, -0.15) is 0 Å². The van der Waals surface area contributed by atoms with Crippen molar-refractivity contribution in [2.45, 2.75) is 37.9 Å². The number of carbonyl (C=O) groups is 6. The van der Waals surface area contributed by atoms with Crippen LogP contribution in [0.5, 0.6) is 0 Å². The number of rotatable bonds is 14. The average Bonchev–Trinajstić information content (AvgIpc) is 3.75. The van der Waals surface area contributed by atoms with E-state index in [1.165, 1.54) is 11.3 Å². The lowest BCUT2D eigenvalue weighted by molar-refractivity contribution is -0.145. The van der Waals surface area contributed by atoms with Crippen molar-refractivity contribution in [2.75, 3.05) is 0 Å². The van der Waals surface area contributed by atoms with Gasteiger partial charge in [-0.05, 0) is 47.4 Å². The number of para-hydroxylation sites is 1. The fraction of sp³-hybridized carbons (Fsp3) is 0.167. The molecule has 3 unspecified atom stereocenters. The van der Waals surface area contributed by atoms with E-state index in [2.05, 4.69) is 15.6 Å². The van der Waals surface area contributed by atoms with E-state index in [4.69, 9.17) is 5.73 Å². The maximum absolute atomic E-state index is 13.7. The lowest BCUT2D eigenvalue weighted by Gasteiger charge is -2.23. The van der Waals surface area contributed by atoms with Crippen molar-refractivity contribution in [2.24, 2.45) is 5.73 Å². The van der Waals surface area contributed by atoms with Gasteiger partial charge in [-0.1, -0.05) is 72.8 Å². The third-order valence-electron chi connectivity index (χ3n) is 7.81. The molecule has 0 radical (unpaired) electrons. The predicted molar refractivity (Wildman–Crippen MR) is 184 cm³/mol. The van der Waals surface area contributed by atoms with Crippen molar-refractivity contribution in [3.8, 4) is 21.6 Å². The first-order valence-electron chi connectivity index (χ1n) is 15.2. The molecule has 7 N–H and O–H groups in total. The number of Topliss-reactive ketones (excluding diaryl/α,β-unsaturated/α-hetero) is 1. The lowest BCUT2D eigenvalue weighted by Crippen LogP contribution is -2.57. The Morgan fingerprint density at radius 1 is 0.755 bits per heavy atom. The SMILES string of the molecule is CC(=O)C(NC(=O)C(CC(N)=O)NC(=O)C(Cc1c[nH]c2ccccc12)NC(=O)c1ccc(-c2ccc(-c3ccccc3)cc2)s1)C(=O)O. The Hall–Kier alpha value is -6.08. The third kappa shape index (κ3) is 8.45. The van der Waals surface area contributed by atoms with Gasteiger partial charge in [0, 0.05) is 28.4 Å². The fourth-order valence-corrected chi connectivity index (χ4v) is 6.21. The maximum atomic E-state index is 13.7.